The van der Waals surface area contributed by atoms with Gasteiger partial charge in [-0.15, -0.1) is 11.3 Å². The number of aryl methyl sites for hydroxylation is 1. The van der Waals surface area contributed by atoms with Crippen molar-refractivity contribution in [2.24, 2.45) is 0 Å². The van der Waals surface area contributed by atoms with Crippen LogP contribution in [0.3, 0.4) is 0 Å². The summed E-state index contributed by atoms with van der Waals surface area (Å²) in [6.07, 6.45) is 1.42. The zero-order valence-corrected chi connectivity index (χ0v) is 17.7. The first kappa shape index (κ1) is 21.3. The van der Waals surface area contributed by atoms with Crippen LogP contribution in [0.15, 0.2) is 59.2 Å². The number of nitrogens with one attached hydrogen (secondary N) is 1. The van der Waals surface area contributed by atoms with Crippen LogP contribution < -0.4 is 5.32 Å². The van der Waals surface area contributed by atoms with E-state index in [1.54, 1.807) is 32.0 Å². The molecule has 3 aromatic rings. The van der Waals surface area contributed by atoms with Crippen molar-refractivity contribution in [1.29, 1.82) is 0 Å². The van der Waals surface area contributed by atoms with Gasteiger partial charge in [0.25, 0.3) is 11.8 Å². The van der Waals surface area contributed by atoms with Crippen LogP contribution in [0.2, 0.25) is 0 Å². The van der Waals surface area contributed by atoms with Gasteiger partial charge in [0.15, 0.2) is 5.76 Å². The molecule has 0 radical (unpaired) electrons. The Hall–Kier alpha value is -3.39. The normalized spacial score (nSPS) is 11.6. The van der Waals surface area contributed by atoms with Crippen LogP contribution in [-0.4, -0.2) is 35.8 Å². The quantitative estimate of drug-likeness (QED) is 0.575. The maximum Gasteiger partial charge on any atom is 0.328 e. The summed E-state index contributed by atoms with van der Waals surface area (Å²) < 4.78 is 9.94. The number of carbonyl (C=O) groups excluding carboxylic acids is 3. The minimum atomic E-state index is -0.773. The van der Waals surface area contributed by atoms with Crippen molar-refractivity contribution in [3.8, 4) is 0 Å². The van der Waals surface area contributed by atoms with E-state index < -0.39 is 17.9 Å². The third-order valence-corrected chi connectivity index (χ3v) is 5.70. The zero-order chi connectivity index (χ0) is 21.7. The molecule has 1 aromatic carbocycles. The van der Waals surface area contributed by atoms with Gasteiger partial charge in [0.05, 0.1) is 23.3 Å². The highest BCUT2D eigenvalue weighted by atomic mass is 32.1. The van der Waals surface area contributed by atoms with Crippen molar-refractivity contribution in [3.63, 3.8) is 0 Å². The van der Waals surface area contributed by atoms with E-state index in [0.717, 1.165) is 16.9 Å². The van der Waals surface area contributed by atoms with Gasteiger partial charge in [0, 0.05) is 6.54 Å². The molecule has 1 atom stereocenters. The molecule has 0 aliphatic carbocycles. The lowest BCUT2D eigenvalue weighted by Gasteiger charge is -2.27. The average Bonchev–Trinajstić information content (AvgIpc) is 3.41. The van der Waals surface area contributed by atoms with Gasteiger partial charge in [-0.05, 0) is 43.2 Å². The van der Waals surface area contributed by atoms with E-state index in [1.165, 1.54) is 18.3 Å². The first-order valence-corrected chi connectivity index (χ1v) is 10.1. The van der Waals surface area contributed by atoms with E-state index >= 15 is 0 Å². The van der Waals surface area contributed by atoms with Crippen molar-refractivity contribution < 1.29 is 23.5 Å². The summed E-state index contributed by atoms with van der Waals surface area (Å²) in [4.78, 5) is 39.7. The van der Waals surface area contributed by atoms with Gasteiger partial charge < -0.3 is 19.4 Å². The van der Waals surface area contributed by atoms with Gasteiger partial charge >= 0.3 is 5.97 Å². The third-order valence-electron chi connectivity index (χ3n) is 4.56. The number of thiophene rings is 1. The molecule has 156 valence electrons. The van der Waals surface area contributed by atoms with Gasteiger partial charge in [0.2, 0.25) is 0 Å². The van der Waals surface area contributed by atoms with Crippen molar-refractivity contribution in [2.75, 3.05) is 12.4 Å². The van der Waals surface area contributed by atoms with Crippen molar-refractivity contribution in [2.45, 2.75) is 26.4 Å². The largest absolute Gasteiger partial charge is 0.467 e. The number of furan rings is 1. The van der Waals surface area contributed by atoms with E-state index in [0.29, 0.717) is 15.4 Å². The van der Waals surface area contributed by atoms with Crippen LogP contribution in [-0.2, 0) is 16.1 Å². The first-order valence-electron chi connectivity index (χ1n) is 9.28. The molecule has 0 saturated heterocycles. The lowest BCUT2D eigenvalue weighted by molar-refractivity contribution is -0.145. The summed E-state index contributed by atoms with van der Waals surface area (Å²) in [5.41, 5.74) is 1.59. The fourth-order valence-electron chi connectivity index (χ4n) is 2.93. The van der Waals surface area contributed by atoms with Crippen LogP contribution in [0.1, 0.15) is 38.3 Å². The predicted octanol–water partition coefficient (Wildman–Crippen LogP) is 4.11. The molecular weight excluding hydrogens is 404 g/mol. The second kappa shape index (κ2) is 9.41. The standard InChI is InChI=1S/C22H22N2O5S/c1-14-12-18(23-20(25)17-10-7-11-29-17)30-19(14)21(26)24(15(2)22(27)28-3)13-16-8-5-4-6-9-16/h4-12,15H,13H2,1-3H3,(H,23,25)/t15-/m0/s1. The molecule has 0 saturated carbocycles. The molecule has 0 aliphatic heterocycles. The molecule has 3 rings (SSSR count). The monoisotopic (exact) mass is 426 g/mol. The molecule has 2 aromatic heterocycles. The molecule has 7 nitrogen and oxygen atoms in total. The van der Waals surface area contributed by atoms with Gasteiger partial charge in [-0.25, -0.2) is 4.79 Å². The number of hydrogen-bond donors (Lipinski definition) is 1. The maximum absolute atomic E-state index is 13.4. The predicted molar refractivity (Wildman–Crippen MR) is 114 cm³/mol. The highest BCUT2D eigenvalue weighted by molar-refractivity contribution is 7.18. The molecule has 8 heteroatoms. The maximum atomic E-state index is 13.4. The SMILES string of the molecule is COC(=O)[C@H](C)N(Cc1ccccc1)C(=O)c1sc(NC(=O)c2ccco2)cc1C. The molecule has 1 N–H and O–H groups in total. The summed E-state index contributed by atoms with van der Waals surface area (Å²) >= 11 is 1.15. The topological polar surface area (TPSA) is 88.9 Å². The Balaban J connectivity index is 1.85. The Kier molecular flexibility index (Phi) is 6.68. The number of hydrogen-bond acceptors (Lipinski definition) is 6. The Morgan fingerprint density at radius 1 is 1.17 bits per heavy atom. The molecule has 30 heavy (non-hydrogen) atoms. The first-order chi connectivity index (χ1) is 14.4. The van der Waals surface area contributed by atoms with Crippen LogP contribution >= 0.6 is 11.3 Å². The molecule has 2 amide bonds. The Morgan fingerprint density at radius 2 is 1.90 bits per heavy atom. The van der Waals surface area contributed by atoms with Crippen LogP contribution in [0.4, 0.5) is 5.00 Å². The van der Waals surface area contributed by atoms with Gasteiger partial charge in [-0.3, -0.25) is 9.59 Å². The minimum Gasteiger partial charge on any atom is -0.467 e. The summed E-state index contributed by atoms with van der Waals surface area (Å²) in [5, 5.41) is 3.25. The number of methoxy groups -OCH3 is 1. The van der Waals surface area contributed by atoms with Crippen LogP contribution in [0, 0.1) is 6.92 Å². The zero-order valence-electron chi connectivity index (χ0n) is 16.9. The Morgan fingerprint density at radius 3 is 2.53 bits per heavy atom. The van der Waals surface area contributed by atoms with Crippen molar-refractivity contribution >= 4 is 34.1 Å². The number of ether oxygens (including phenoxy) is 1. The lowest BCUT2D eigenvalue weighted by atomic mass is 10.1. The number of esters is 1. The van der Waals surface area contributed by atoms with E-state index in [1.807, 2.05) is 30.3 Å². The summed E-state index contributed by atoms with van der Waals surface area (Å²) in [6, 6.07) is 13.5. The van der Waals surface area contributed by atoms with Gasteiger partial charge in [0.1, 0.15) is 6.04 Å². The molecule has 0 spiro atoms. The molecule has 0 bridgehead atoms. The molecule has 0 unspecified atom stereocenters. The number of nitrogens with zero attached hydrogens (tertiary/aromatic N) is 1. The second-order valence-electron chi connectivity index (χ2n) is 6.67. The van der Waals surface area contributed by atoms with E-state index in [4.69, 9.17) is 9.15 Å². The molecule has 0 fully saturated rings. The smallest absolute Gasteiger partial charge is 0.328 e. The second-order valence-corrected chi connectivity index (χ2v) is 7.72. The minimum absolute atomic E-state index is 0.180. The Labute approximate surface area is 178 Å². The fraction of sp³-hybridized carbons (Fsp3) is 0.227. The summed E-state index contributed by atoms with van der Waals surface area (Å²) in [7, 11) is 1.29. The van der Waals surface area contributed by atoms with E-state index in [2.05, 4.69) is 5.32 Å². The molecular formula is C22H22N2O5S. The molecule has 0 aliphatic rings. The van der Waals surface area contributed by atoms with Crippen molar-refractivity contribution in [1.82, 2.24) is 4.90 Å². The number of rotatable bonds is 7. The summed E-state index contributed by atoms with van der Waals surface area (Å²) in [5.74, 6) is -1.03. The highest BCUT2D eigenvalue weighted by Gasteiger charge is 2.30. The number of benzene rings is 1. The van der Waals surface area contributed by atoms with Crippen LogP contribution in [0.25, 0.3) is 0 Å². The van der Waals surface area contributed by atoms with E-state index in [-0.39, 0.29) is 18.2 Å². The van der Waals surface area contributed by atoms with Crippen molar-refractivity contribution in [3.05, 3.63) is 76.6 Å². The number of amides is 2. The van der Waals surface area contributed by atoms with Gasteiger partial charge in [-0.1, -0.05) is 30.3 Å². The van der Waals surface area contributed by atoms with Crippen LogP contribution in [0.5, 0.6) is 0 Å². The van der Waals surface area contributed by atoms with Gasteiger partial charge in [-0.2, -0.15) is 0 Å². The number of carbonyl (C=O) groups is 3. The molecule has 2 heterocycles. The fourth-order valence-corrected chi connectivity index (χ4v) is 3.95. The highest BCUT2D eigenvalue weighted by Crippen LogP contribution is 2.29. The third kappa shape index (κ3) is 4.77. The summed E-state index contributed by atoms with van der Waals surface area (Å²) in [6.45, 7) is 3.67. The Bertz CT molecular complexity index is 1030. The van der Waals surface area contributed by atoms with E-state index in [9.17, 15) is 14.4 Å². The lowest BCUT2D eigenvalue weighted by Crippen LogP contribution is -2.43. The average molecular weight is 426 g/mol. The number of anilines is 1.